The summed E-state index contributed by atoms with van der Waals surface area (Å²) in [7, 11) is 2.04. The number of nitrogens with zero attached hydrogens (tertiary/aromatic N) is 2. The number of hydrogen-bond acceptors (Lipinski definition) is 2. The Labute approximate surface area is 90.4 Å². The summed E-state index contributed by atoms with van der Waals surface area (Å²) in [4.78, 5) is 2.17. The van der Waals surface area contributed by atoms with E-state index in [9.17, 15) is 0 Å². The third-order valence-electron chi connectivity index (χ3n) is 3.12. The molecule has 0 aromatic heterocycles. The minimum atomic E-state index is -0.177. The summed E-state index contributed by atoms with van der Waals surface area (Å²) in [5, 5.41) is 8.84. The van der Waals surface area contributed by atoms with Crippen molar-refractivity contribution in [1.29, 1.82) is 5.26 Å². The number of rotatable bonds is 1. The van der Waals surface area contributed by atoms with E-state index in [1.54, 1.807) is 0 Å². The standard InChI is InChI=1S/C13H14N2/c1-13(9-10-14)8-7-11-5-3-4-6-12(11)15(13)2/h3-8H,9H2,1-2H3. The SMILES string of the molecule is CN1c2ccccc2C=CC1(C)CC#N. The lowest BCUT2D eigenvalue weighted by molar-refractivity contribution is 0.556. The third-order valence-corrected chi connectivity index (χ3v) is 3.12. The number of anilines is 1. The van der Waals surface area contributed by atoms with E-state index in [4.69, 9.17) is 5.26 Å². The van der Waals surface area contributed by atoms with Crippen LogP contribution in [-0.4, -0.2) is 12.6 Å². The van der Waals surface area contributed by atoms with Crippen LogP contribution in [0.3, 0.4) is 0 Å². The molecule has 0 saturated heterocycles. The maximum absolute atomic E-state index is 8.84. The molecule has 0 radical (unpaired) electrons. The first-order valence-corrected chi connectivity index (χ1v) is 5.06. The monoisotopic (exact) mass is 198 g/mol. The van der Waals surface area contributed by atoms with Crippen LogP contribution in [0.2, 0.25) is 0 Å². The van der Waals surface area contributed by atoms with E-state index in [0.29, 0.717) is 6.42 Å². The Balaban J connectivity index is 2.46. The number of para-hydroxylation sites is 1. The minimum absolute atomic E-state index is 0.177. The highest BCUT2D eigenvalue weighted by Gasteiger charge is 2.30. The Morgan fingerprint density at radius 2 is 2.13 bits per heavy atom. The zero-order valence-electron chi connectivity index (χ0n) is 9.07. The second-order valence-electron chi connectivity index (χ2n) is 4.14. The van der Waals surface area contributed by atoms with Gasteiger partial charge in [-0.1, -0.05) is 30.4 Å². The molecule has 1 aliphatic rings. The number of fused-ring (bicyclic) bond motifs is 1. The van der Waals surface area contributed by atoms with Gasteiger partial charge >= 0.3 is 0 Å². The second kappa shape index (κ2) is 3.43. The fraction of sp³-hybridized carbons (Fsp3) is 0.308. The lowest BCUT2D eigenvalue weighted by Crippen LogP contribution is -2.43. The van der Waals surface area contributed by atoms with E-state index in [-0.39, 0.29) is 5.54 Å². The molecule has 0 spiro atoms. The van der Waals surface area contributed by atoms with E-state index in [2.05, 4.69) is 42.2 Å². The van der Waals surface area contributed by atoms with Gasteiger partial charge in [-0.2, -0.15) is 5.26 Å². The molecular weight excluding hydrogens is 184 g/mol. The van der Waals surface area contributed by atoms with Crippen LogP contribution < -0.4 is 4.90 Å². The van der Waals surface area contributed by atoms with Gasteiger partial charge in [-0.3, -0.25) is 0 Å². The summed E-state index contributed by atoms with van der Waals surface area (Å²) in [6, 6.07) is 10.5. The van der Waals surface area contributed by atoms with Crippen LogP contribution >= 0.6 is 0 Å². The molecule has 76 valence electrons. The van der Waals surface area contributed by atoms with Crippen molar-refractivity contribution in [2.45, 2.75) is 18.9 Å². The average molecular weight is 198 g/mol. The van der Waals surface area contributed by atoms with Gasteiger partial charge in [-0.05, 0) is 18.6 Å². The summed E-state index contributed by atoms with van der Waals surface area (Å²) >= 11 is 0. The molecule has 0 bridgehead atoms. The van der Waals surface area contributed by atoms with Crippen LogP contribution in [0.15, 0.2) is 30.3 Å². The van der Waals surface area contributed by atoms with Crippen molar-refractivity contribution in [2.24, 2.45) is 0 Å². The number of nitriles is 1. The predicted octanol–water partition coefficient (Wildman–Crippen LogP) is 2.82. The summed E-state index contributed by atoms with van der Waals surface area (Å²) < 4.78 is 0. The molecule has 1 aliphatic heterocycles. The highest BCUT2D eigenvalue weighted by atomic mass is 15.2. The van der Waals surface area contributed by atoms with Crippen molar-refractivity contribution in [3.05, 3.63) is 35.9 Å². The van der Waals surface area contributed by atoms with Crippen LogP contribution in [-0.2, 0) is 0 Å². The first-order valence-electron chi connectivity index (χ1n) is 5.06. The molecule has 2 heteroatoms. The van der Waals surface area contributed by atoms with Crippen molar-refractivity contribution >= 4 is 11.8 Å². The molecule has 0 aliphatic carbocycles. The van der Waals surface area contributed by atoms with E-state index in [1.807, 2.05) is 19.2 Å². The van der Waals surface area contributed by atoms with Crippen molar-refractivity contribution < 1.29 is 0 Å². The van der Waals surface area contributed by atoms with Gasteiger partial charge in [0.05, 0.1) is 18.0 Å². The molecule has 0 fully saturated rings. The number of hydrogen-bond donors (Lipinski definition) is 0. The van der Waals surface area contributed by atoms with Gasteiger partial charge in [0.2, 0.25) is 0 Å². The van der Waals surface area contributed by atoms with E-state index in [0.717, 1.165) is 0 Å². The maximum atomic E-state index is 8.84. The van der Waals surface area contributed by atoms with Crippen LogP contribution in [0, 0.1) is 11.3 Å². The van der Waals surface area contributed by atoms with Crippen LogP contribution in [0.5, 0.6) is 0 Å². The van der Waals surface area contributed by atoms with E-state index < -0.39 is 0 Å². The largest absolute Gasteiger partial charge is 0.364 e. The Morgan fingerprint density at radius 1 is 1.40 bits per heavy atom. The predicted molar refractivity (Wildman–Crippen MR) is 62.5 cm³/mol. The van der Waals surface area contributed by atoms with Gasteiger partial charge in [-0.15, -0.1) is 0 Å². The molecule has 0 amide bonds. The van der Waals surface area contributed by atoms with Crippen molar-refractivity contribution in [3.8, 4) is 6.07 Å². The van der Waals surface area contributed by atoms with Gasteiger partial charge in [-0.25, -0.2) is 0 Å². The topological polar surface area (TPSA) is 27.0 Å². The number of benzene rings is 1. The molecule has 0 saturated carbocycles. The average Bonchev–Trinajstić information content (AvgIpc) is 2.25. The number of likely N-dealkylation sites (N-methyl/N-ethyl adjacent to an activating group) is 1. The summed E-state index contributed by atoms with van der Waals surface area (Å²) in [6.07, 6.45) is 4.72. The van der Waals surface area contributed by atoms with E-state index >= 15 is 0 Å². The fourth-order valence-corrected chi connectivity index (χ4v) is 1.93. The van der Waals surface area contributed by atoms with Crippen molar-refractivity contribution in [3.63, 3.8) is 0 Å². The first-order chi connectivity index (χ1) is 7.17. The molecule has 1 aromatic rings. The Hall–Kier alpha value is -1.75. The molecule has 1 unspecified atom stereocenters. The van der Waals surface area contributed by atoms with Crippen LogP contribution in [0.1, 0.15) is 18.9 Å². The smallest absolute Gasteiger partial charge is 0.0686 e. The van der Waals surface area contributed by atoms with Crippen molar-refractivity contribution in [2.75, 3.05) is 11.9 Å². The molecule has 1 atom stereocenters. The van der Waals surface area contributed by atoms with Gasteiger partial charge in [0, 0.05) is 12.7 Å². The highest BCUT2D eigenvalue weighted by Crippen LogP contribution is 2.34. The molecule has 2 rings (SSSR count). The summed E-state index contributed by atoms with van der Waals surface area (Å²) in [6.45, 7) is 2.09. The van der Waals surface area contributed by atoms with Gasteiger partial charge < -0.3 is 4.90 Å². The maximum Gasteiger partial charge on any atom is 0.0686 e. The molecule has 1 aromatic carbocycles. The second-order valence-corrected chi connectivity index (χ2v) is 4.14. The van der Waals surface area contributed by atoms with Gasteiger partial charge in [0.1, 0.15) is 0 Å². The highest BCUT2D eigenvalue weighted by molar-refractivity contribution is 5.73. The molecule has 1 heterocycles. The molecular formula is C13H14N2. The molecule has 0 N–H and O–H groups in total. The van der Waals surface area contributed by atoms with Gasteiger partial charge in [0.25, 0.3) is 0 Å². The fourth-order valence-electron chi connectivity index (χ4n) is 1.93. The Kier molecular flexibility index (Phi) is 2.24. The van der Waals surface area contributed by atoms with Crippen LogP contribution in [0.25, 0.3) is 6.08 Å². The van der Waals surface area contributed by atoms with Crippen molar-refractivity contribution in [1.82, 2.24) is 0 Å². The molecule has 2 nitrogen and oxygen atoms in total. The van der Waals surface area contributed by atoms with E-state index in [1.165, 1.54) is 11.3 Å². The lowest BCUT2D eigenvalue weighted by Gasteiger charge is -2.40. The quantitative estimate of drug-likeness (QED) is 0.693. The first kappa shape index (κ1) is 9.79. The minimum Gasteiger partial charge on any atom is -0.364 e. The summed E-state index contributed by atoms with van der Waals surface area (Å²) in [5.74, 6) is 0. The molecule has 15 heavy (non-hydrogen) atoms. The zero-order valence-corrected chi connectivity index (χ0v) is 9.07. The van der Waals surface area contributed by atoms with Gasteiger partial charge in [0.15, 0.2) is 0 Å². The zero-order chi connectivity index (χ0) is 10.9. The van der Waals surface area contributed by atoms with Crippen LogP contribution in [0.4, 0.5) is 5.69 Å². The third kappa shape index (κ3) is 1.50. The lowest BCUT2D eigenvalue weighted by atomic mass is 9.90. The normalized spacial score (nSPS) is 23.4. The Bertz CT molecular complexity index is 442. The Morgan fingerprint density at radius 3 is 2.87 bits per heavy atom. The summed E-state index contributed by atoms with van der Waals surface area (Å²) in [5.41, 5.74) is 2.23.